The van der Waals surface area contributed by atoms with Gasteiger partial charge in [0.1, 0.15) is 0 Å². The average Bonchev–Trinajstić information content (AvgIpc) is 3.05. The van der Waals surface area contributed by atoms with E-state index in [0.717, 1.165) is 25.1 Å². The van der Waals surface area contributed by atoms with Gasteiger partial charge in [0.15, 0.2) is 0 Å². The van der Waals surface area contributed by atoms with E-state index in [4.69, 9.17) is 0 Å². The Morgan fingerprint density at radius 1 is 1.43 bits per heavy atom. The second-order valence-corrected chi connectivity index (χ2v) is 5.60. The molecule has 1 atom stereocenters. The highest BCUT2D eigenvalue weighted by molar-refractivity contribution is 5.93. The van der Waals surface area contributed by atoms with Gasteiger partial charge in [-0.15, -0.1) is 0 Å². The number of H-pyrrole nitrogens is 1. The Morgan fingerprint density at radius 3 is 2.86 bits per heavy atom. The zero-order valence-electron chi connectivity index (χ0n) is 12.2. The summed E-state index contributed by atoms with van der Waals surface area (Å²) in [6.45, 7) is 1.38. The first-order valence-corrected chi connectivity index (χ1v) is 7.08. The van der Waals surface area contributed by atoms with Gasteiger partial charge < -0.3 is 4.90 Å². The summed E-state index contributed by atoms with van der Waals surface area (Å²) in [5, 5.41) is 7.11. The molecule has 0 radical (unpaired) electrons. The van der Waals surface area contributed by atoms with Crippen molar-refractivity contribution in [1.82, 2.24) is 24.5 Å². The van der Waals surface area contributed by atoms with Crippen LogP contribution in [-0.4, -0.2) is 43.5 Å². The molecule has 2 aromatic rings. The minimum atomic E-state index is -0.0410. The van der Waals surface area contributed by atoms with Crippen LogP contribution >= 0.6 is 0 Å². The van der Waals surface area contributed by atoms with Crippen molar-refractivity contribution in [2.45, 2.75) is 18.8 Å². The van der Waals surface area contributed by atoms with E-state index in [-0.39, 0.29) is 17.4 Å². The van der Waals surface area contributed by atoms with Crippen molar-refractivity contribution in [2.24, 2.45) is 14.1 Å². The Hall–Kier alpha value is -2.31. The quantitative estimate of drug-likeness (QED) is 0.873. The van der Waals surface area contributed by atoms with Crippen molar-refractivity contribution in [3.8, 4) is 0 Å². The van der Waals surface area contributed by atoms with Crippen molar-refractivity contribution in [1.29, 1.82) is 0 Å². The SMILES string of the molecule is Cn1cc(C(=O)N2CCC[C@H](c3cc(=O)n(C)[nH]3)C2)cn1. The molecule has 0 spiro atoms. The van der Waals surface area contributed by atoms with Gasteiger partial charge in [0, 0.05) is 51.1 Å². The molecule has 112 valence electrons. The van der Waals surface area contributed by atoms with Gasteiger partial charge in [0.25, 0.3) is 11.5 Å². The Labute approximate surface area is 122 Å². The van der Waals surface area contributed by atoms with Crippen molar-refractivity contribution >= 4 is 5.91 Å². The number of hydrogen-bond acceptors (Lipinski definition) is 3. The lowest BCUT2D eigenvalue weighted by molar-refractivity contribution is 0.0705. The summed E-state index contributed by atoms with van der Waals surface area (Å²) in [5.74, 6) is 0.194. The third-order valence-electron chi connectivity index (χ3n) is 4.01. The smallest absolute Gasteiger partial charge is 0.266 e. The summed E-state index contributed by atoms with van der Waals surface area (Å²) in [4.78, 5) is 25.9. The second kappa shape index (κ2) is 5.23. The first kappa shape index (κ1) is 13.7. The Kier molecular flexibility index (Phi) is 3.40. The second-order valence-electron chi connectivity index (χ2n) is 5.60. The molecule has 1 saturated heterocycles. The van der Waals surface area contributed by atoms with E-state index in [1.165, 1.54) is 4.68 Å². The lowest BCUT2D eigenvalue weighted by atomic mass is 9.94. The summed E-state index contributed by atoms with van der Waals surface area (Å²) < 4.78 is 3.10. The first-order chi connectivity index (χ1) is 10.0. The van der Waals surface area contributed by atoms with Gasteiger partial charge in [-0.1, -0.05) is 0 Å². The standard InChI is InChI=1S/C14H19N5O2/c1-17-8-11(7-15-17)14(21)19-5-3-4-10(9-19)12-6-13(20)18(2)16-12/h6-8,10,16H,3-5,9H2,1-2H3/t10-/m0/s1. The molecule has 0 bridgehead atoms. The summed E-state index contributed by atoms with van der Waals surface area (Å²) in [7, 11) is 3.50. The highest BCUT2D eigenvalue weighted by Gasteiger charge is 2.27. The maximum Gasteiger partial charge on any atom is 0.266 e. The molecule has 3 heterocycles. The molecule has 0 saturated carbocycles. The van der Waals surface area contributed by atoms with E-state index in [1.54, 1.807) is 37.2 Å². The van der Waals surface area contributed by atoms with Gasteiger partial charge in [0.2, 0.25) is 0 Å². The minimum Gasteiger partial charge on any atom is -0.338 e. The number of carbonyl (C=O) groups excluding carboxylic acids is 1. The van der Waals surface area contributed by atoms with Gasteiger partial charge in [-0.25, -0.2) is 0 Å². The van der Waals surface area contributed by atoms with Gasteiger partial charge in [-0.05, 0) is 12.8 Å². The number of aromatic amines is 1. The maximum absolute atomic E-state index is 12.5. The van der Waals surface area contributed by atoms with Crippen LogP contribution in [0.5, 0.6) is 0 Å². The third kappa shape index (κ3) is 2.63. The predicted octanol–water partition coefficient (Wildman–Crippen LogP) is 0.467. The predicted molar refractivity (Wildman–Crippen MR) is 77.1 cm³/mol. The zero-order chi connectivity index (χ0) is 15.0. The summed E-state index contributed by atoms with van der Waals surface area (Å²) in [5.41, 5.74) is 1.48. The number of aromatic nitrogens is 4. The number of piperidine rings is 1. The third-order valence-corrected chi connectivity index (χ3v) is 4.01. The van der Waals surface area contributed by atoms with Crippen LogP contribution in [0.1, 0.15) is 34.8 Å². The van der Waals surface area contributed by atoms with Gasteiger partial charge >= 0.3 is 0 Å². The molecule has 0 unspecified atom stereocenters. The number of aryl methyl sites for hydroxylation is 2. The molecule has 1 aliphatic heterocycles. The molecule has 3 rings (SSSR count). The lowest BCUT2D eigenvalue weighted by Gasteiger charge is -2.32. The largest absolute Gasteiger partial charge is 0.338 e. The van der Waals surface area contributed by atoms with Crippen molar-refractivity contribution in [3.63, 3.8) is 0 Å². The maximum atomic E-state index is 12.5. The van der Waals surface area contributed by atoms with Crippen LogP contribution < -0.4 is 5.56 Å². The highest BCUT2D eigenvalue weighted by Crippen LogP contribution is 2.25. The Bertz CT molecular complexity index is 711. The number of amides is 1. The molecule has 1 N–H and O–H groups in total. The first-order valence-electron chi connectivity index (χ1n) is 7.08. The number of rotatable bonds is 2. The molecule has 1 fully saturated rings. The van der Waals surface area contributed by atoms with E-state index < -0.39 is 0 Å². The fourth-order valence-electron chi connectivity index (χ4n) is 2.85. The van der Waals surface area contributed by atoms with Crippen LogP contribution in [-0.2, 0) is 14.1 Å². The minimum absolute atomic E-state index is 0.00563. The van der Waals surface area contributed by atoms with Crippen molar-refractivity contribution < 1.29 is 4.79 Å². The molecule has 7 heteroatoms. The van der Waals surface area contributed by atoms with E-state index in [1.807, 2.05) is 4.90 Å². The van der Waals surface area contributed by atoms with Crippen LogP contribution in [0.15, 0.2) is 23.3 Å². The molecule has 2 aromatic heterocycles. The van der Waals surface area contributed by atoms with Gasteiger partial charge in [-0.3, -0.25) is 24.1 Å². The fourth-order valence-corrected chi connectivity index (χ4v) is 2.85. The topological polar surface area (TPSA) is 75.9 Å². The van der Waals surface area contributed by atoms with Crippen LogP contribution in [0.25, 0.3) is 0 Å². The van der Waals surface area contributed by atoms with Gasteiger partial charge in [0.05, 0.1) is 11.8 Å². The van der Waals surface area contributed by atoms with E-state index in [9.17, 15) is 9.59 Å². The summed E-state index contributed by atoms with van der Waals surface area (Å²) in [6, 6.07) is 1.63. The van der Waals surface area contributed by atoms with E-state index in [2.05, 4.69) is 10.2 Å². The van der Waals surface area contributed by atoms with Crippen LogP contribution in [0.3, 0.4) is 0 Å². The number of hydrogen-bond donors (Lipinski definition) is 1. The monoisotopic (exact) mass is 289 g/mol. The zero-order valence-corrected chi connectivity index (χ0v) is 12.2. The van der Waals surface area contributed by atoms with Crippen LogP contribution in [0.4, 0.5) is 0 Å². The Balaban J connectivity index is 1.76. The summed E-state index contributed by atoms with van der Waals surface area (Å²) >= 11 is 0. The normalized spacial score (nSPS) is 19.0. The molecular weight excluding hydrogens is 270 g/mol. The molecule has 0 aromatic carbocycles. The number of carbonyl (C=O) groups is 1. The van der Waals surface area contributed by atoms with Gasteiger partial charge in [-0.2, -0.15) is 5.10 Å². The van der Waals surface area contributed by atoms with E-state index in [0.29, 0.717) is 12.1 Å². The molecule has 0 aliphatic carbocycles. The number of nitrogens with zero attached hydrogens (tertiary/aromatic N) is 4. The average molecular weight is 289 g/mol. The fraction of sp³-hybridized carbons (Fsp3) is 0.500. The number of nitrogens with one attached hydrogen (secondary N) is 1. The van der Waals surface area contributed by atoms with Crippen molar-refractivity contribution in [2.75, 3.05) is 13.1 Å². The van der Waals surface area contributed by atoms with Crippen molar-refractivity contribution in [3.05, 3.63) is 40.1 Å². The van der Waals surface area contributed by atoms with Crippen LogP contribution in [0, 0.1) is 0 Å². The lowest BCUT2D eigenvalue weighted by Crippen LogP contribution is -2.39. The molecule has 7 nitrogen and oxygen atoms in total. The molecule has 1 aliphatic rings. The molecule has 1 amide bonds. The highest BCUT2D eigenvalue weighted by atomic mass is 16.2. The molecule has 21 heavy (non-hydrogen) atoms. The number of likely N-dealkylation sites (tertiary alicyclic amines) is 1. The van der Waals surface area contributed by atoms with E-state index >= 15 is 0 Å². The van der Waals surface area contributed by atoms with Crippen LogP contribution in [0.2, 0.25) is 0 Å². The Morgan fingerprint density at radius 2 is 2.24 bits per heavy atom. The molecular formula is C14H19N5O2. The summed E-state index contributed by atoms with van der Waals surface area (Å²) in [6.07, 6.45) is 5.25.